The van der Waals surface area contributed by atoms with Crippen molar-refractivity contribution in [2.75, 3.05) is 6.61 Å². The second kappa shape index (κ2) is 5.11. The molecule has 3 N–H and O–H groups in total. The molecule has 0 atom stereocenters. The van der Waals surface area contributed by atoms with Gasteiger partial charge in [-0.1, -0.05) is 0 Å². The number of carbonyl (C=O) groups is 2. The molecular weight excluding hydrogens is 196 g/mol. The number of nitrogens with two attached hydrogens (primary N) is 1. The number of hydrogen-bond donors (Lipinski definition) is 2. The predicted molar refractivity (Wildman–Crippen MR) is 54.1 cm³/mol. The summed E-state index contributed by atoms with van der Waals surface area (Å²) in [4.78, 5) is 26.8. The Kier molecular flexibility index (Phi) is 3.82. The van der Waals surface area contributed by atoms with Gasteiger partial charge in [0.2, 0.25) is 5.91 Å². The van der Waals surface area contributed by atoms with E-state index in [9.17, 15) is 9.59 Å². The summed E-state index contributed by atoms with van der Waals surface area (Å²) in [5.74, 6) is -0.875. The molecule has 5 nitrogen and oxygen atoms in total. The van der Waals surface area contributed by atoms with Gasteiger partial charge in [-0.3, -0.25) is 14.4 Å². The van der Waals surface area contributed by atoms with E-state index in [-0.39, 0.29) is 5.91 Å². The zero-order valence-electron chi connectivity index (χ0n) is 8.32. The van der Waals surface area contributed by atoms with E-state index in [0.29, 0.717) is 17.7 Å². The monoisotopic (exact) mass is 208 g/mol. The van der Waals surface area contributed by atoms with Gasteiger partial charge in [-0.2, -0.15) is 0 Å². The lowest BCUT2D eigenvalue weighted by Crippen LogP contribution is -2.23. The van der Waals surface area contributed by atoms with Crippen molar-refractivity contribution in [2.24, 2.45) is 5.73 Å². The summed E-state index contributed by atoms with van der Waals surface area (Å²) in [7, 11) is 0. The van der Waals surface area contributed by atoms with Gasteiger partial charge in [0.1, 0.15) is 0 Å². The van der Waals surface area contributed by atoms with Crippen molar-refractivity contribution in [3.63, 3.8) is 0 Å². The molecule has 1 rings (SSSR count). The van der Waals surface area contributed by atoms with Crippen molar-refractivity contribution in [1.82, 2.24) is 5.48 Å². The lowest BCUT2D eigenvalue weighted by Gasteiger charge is -2.03. The quantitative estimate of drug-likeness (QED) is 0.705. The molecule has 0 fully saturated rings. The van der Waals surface area contributed by atoms with E-state index in [1.807, 2.05) is 0 Å². The van der Waals surface area contributed by atoms with Crippen LogP contribution < -0.4 is 11.2 Å². The van der Waals surface area contributed by atoms with Gasteiger partial charge in [0, 0.05) is 11.1 Å². The maximum atomic E-state index is 11.3. The van der Waals surface area contributed by atoms with E-state index in [1.165, 1.54) is 24.3 Å². The first-order valence-electron chi connectivity index (χ1n) is 4.47. The number of primary amides is 1. The van der Waals surface area contributed by atoms with Gasteiger partial charge < -0.3 is 5.73 Å². The van der Waals surface area contributed by atoms with Crippen molar-refractivity contribution < 1.29 is 14.4 Å². The van der Waals surface area contributed by atoms with Gasteiger partial charge in [-0.15, -0.1) is 0 Å². The fourth-order valence-electron chi connectivity index (χ4n) is 0.983. The highest BCUT2D eigenvalue weighted by Crippen LogP contribution is 2.03. The average Bonchev–Trinajstić information content (AvgIpc) is 2.26. The Morgan fingerprint density at radius 1 is 1.27 bits per heavy atom. The van der Waals surface area contributed by atoms with Gasteiger partial charge in [-0.25, -0.2) is 5.48 Å². The number of carbonyl (C=O) groups excluding carboxylic acids is 2. The van der Waals surface area contributed by atoms with E-state index >= 15 is 0 Å². The van der Waals surface area contributed by atoms with Crippen LogP contribution in [0, 0.1) is 0 Å². The van der Waals surface area contributed by atoms with Gasteiger partial charge in [0.15, 0.2) is 0 Å². The van der Waals surface area contributed by atoms with Crippen molar-refractivity contribution in [2.45, 2.75) is 6.92 Å². The van der Waals surface area contributed by atoms with Crippen LogP contribution in [0.25, 0.3) is 0 Å². The van der Waals surface area contributed by atoms with E-state index in [4.69, 9.17) is 10.6 Å². The minimum Gasteiger partial charge on any atom is -0.366 e. The summed E-state index contributed by atoms with van der Waals surface area (Å²) in [6, 6.07) is 6.00. The lowest BCUT2D eigenvalue weighted by atomic mass is 10.1. The smallest absolute Gasteiger partial charge is 0.274 e. The first kappa shape index (κ1) is 11.2. The molecule has 0 unspecified atom stereocenters. The molecule has 0 radical (unpaired) electrons. The third-order valence-electron chi connectivity index (χ3n) is 1.74. The summed E-state index contributed by atoms with van der Waals surface area (Å²) in [5, 5.41) is 0. The molecule has 0 bridgehead atoms. The van der Waals surface area contributed by atoms with E-state index in [0.717, 1.165) is 0 Å². The van der Waals surface area contributed by atoms with Crippen molar-refractivity contribution in [1.29, 1.82) is 0 Å². The van der Waals surface area contributed by atoms with Crippen LogP contribution in [0.5, 0.6) is 0 Å². The molecule has 1 aromatic rings. The molecule has 15 heavy (non-hydrogen) atoms. The van der Waals surface area contributed by atoms with Crippen LogP contribution >= 0.6 is 0 Å². The molecule has 0 spiro atoms. The van der Waals surface area contributed by atoms with Crippen LogP contribution in [0.2, 0.25) is 0 Å². The van der Waals surface area contributed by atoms with E-state index in [2.05, 4.69) is 5.48 Å². The number of rotatable bonds is 4. The molecule has 0 saturated carbocycles. The van der Waals surface area contributed by atoms with Crippen LogP contribution in [0.3, 0.4) is 0 Å². The Labute approximate surface area is 87.2 Å². The van der Waals surface area contributed by atoms with Gasteiger partial charge in [0.05, 0.1) is 6.61 Å². The Bertz CT molecular complexity index is 359. The second-order valence-electron chi connectivity index (χ2n) is 2.81. The molecule has 80 valence electrons. The molecule has 1 aromatic carbocycles. The standard InChI is InChI=1S/C10H12N2O3/c1-2-15-12-10(14)8-5-3-7(4-6-8)9(11)13/h3-6H,2H2,1H3,(H2,11,13)(H,12,14). The second-order valence-corrected chi connectivity index (χ2v) is 2.81. The molecule has 5 heteroatoms. The molecule has 0 aliphatic heterocycles. The Hall–Kier alpha value is -1.88. The normalized spacial score (nSPS) is 9.67. The fraction of sp³-hybridized carbons (Fsp3) is 0.200. The number of nitrogens with one attached hydrogen (secondary N) is 1. The summed E-state index contributed by atoms with van der Waals surface area (Å²) < 4.78 is 0. The van der Waals surface area contributed by atoms with Gasteiger partial charge >= 0.3 is 0 Å². The highest BCUT2D eigenvalue weighted by molar-refractivity contribution is 5.96. The highest BCUT2D eigenvalue weighted by atomic mass is 16.6. The first-order chi connectivity index (χ1) is 7.15. The van der Waals surface area contributed by atoms with Gasteiger partial charge in [0.25, 0.3) is 5.91 Å². The SMILES string of the molecule is CCONC(=O)c1ccc(C(N)=O)cc1. The topological polar surface area (TPSA) is 81.4 Å². The van der Waals surface area contributed by atoms with Gasteiger partial charge in [-0.05, 0) is 31.2 Å². The maximum absolute atomic E-state index is 11.3. The molecule has 2 amide bonds. The Balaban J connectivity index is 2.71. The molecule has 0 aliphatic carbocycles. The minimum absolute atomic E-state index is 0.354. The average molecular weight is 208 g/mol. The van der Waals surface area contributed by atoms with Crippen molar-refractivity contribution in [3.8, 4) is 0 Å². The van der Waals surface area contributed by atoms with Crippen molar-refractivity contribution >= 4 is 11.8 Å². The number of amides is 2. The largest absolute Gasteiger partial charge is 0.366 e. The summed E-state index contributed by atoms with van der Waals surface area (Å²) in [6.07, 6.45) is 0. The Morgan fingerprint density at radius 3 is 2.27 bits per heavy atom. The van der Waals surface area contributed by atoms with E-state index in [1.54, 1.807) is 6.92 Å². The van der Waals surface area contributed by atoms with Crippen molar-refractivity contribution in [3.05, 3.63) is 35.4 Å². The number of benzene rings is 1. The summed E-state index contributed by atoms with van der Waals surface area (Å²) in [5.41, 5.74) is 8.07. The number of hydroxylamine groups is 1. The fourth-order valence-corrected chi connectivity index (χ4v) is 0.983. The summed E-state index contributed by atoms with van der Waals surface area (Å²) in [6.45, 7) is 2.15. The highest BCUT2D eigenvalue weighted by Gasteiger charge is 2.06. The third-order valence-corrected chi connectivity index (χ3v) is 1.74. The van der Waals surface area contributed by atoms with Crippen LogP contribution in [0.15, 0.2) is 24.3 Å². The summed E-state index contributed by atoms with van der Waals surface area (Å²) >= 11 is 0. The molecule has 0 heterocycles. The first-order valence-corrected chi connectivity index (χ1v) is 4.47. The molecule has 0 aliphatic rings. The minimum atomic E-state index is -0.522. The maximum Gasteiger partial charge on any atom is 0.274 e. The van der Waals surface area contributed by atoms with Crippen LogP contribution in [-0.2, 0) is 4.84 Å². The van der Waals surface area contributed by atoms with Crippen LogP contribution in [0.4, 0.5) is 0 Å². The third kappa shape index (κ3) is 3.07. The molecule has 0 saturated heterocycles. The zero-order chi connectivity index (χ0) is 11.3. The zero-order valence-corrected chi connectivity index (χ0v) is 8.32. The molecular formula is C10H12N2O3. The predicted octanol–water partition coefficient (Wildman–Crippen LogP) is 0.467. The van der Waals surface area contributed by atoms with E-state index < -0.39 is 5.91 Å². The Morgan fingerprint density at radius 2 is 1.80 bits per heavy atom. The number of hydrogen-bond acceptors (Lipinski definition) is 3. The van der Waals surface area contributed by atoms with Crippen LogP contribution in [-0.4, -0.2) is 18.4 Å². The molecule has 0 aromatic heterocycles. The van der Waals surface area contributed by atoms with Crippen LogP contribution in [0.1, 0.15) is 27.6 Å². The lowest BCUT2D eigenvalue weighted by molar-refractivity contribution is 0.0364.